The molecule has 0 amide bonds. The summed E-state index contributed by atoms with van der Waals surface area (Å²) in [5.41, 5.74) is 3.78. The zero-order valence-corrected chi connectivity index (χ0v) is 15.0. The minimum atomic E-state index is 0.131. The maximum Gasteiger partial charge on any atom is 0.0585 e. The first kappa shape index (κ1) is 16.5. The van der Waals surface area contributed by atoms with Crippen LogP contribution in [0.3, 0.4) is 0 Å². The van der Waals surface area contributed by atoms with Crippen molar-refractivity contribution in [3.8, 4) is 0 Å². The fourth-order valence-corrected chi connectivity index (χ4v) is 3.21. The molecule has 0 saturated heterocycles. The number of benzene rings is 2. The van der Waals surface area contributed by atoms with Gasteiger partial charge in [0.25, 0.3) is 0 Å². The van der Waals surface area contributed by atoms with Gasteiger partial charge < -0.3 is 5.32 Å². The topological polar surface area (TPSA) is 12.0 Å². The second-order valence-corrected chi connectivity index (χ2v) is 7.02. The number of halogens is 2. The predicted octanol–water partition coefficient (Wildman–Crippen LogP) is 5.61. The third-order valence-electron chi connectivity index (χ3n) is 3.51. The van der Waals surface area contributed by atoms with Crippen LogP contribution in [0.1, 0.15) is 36.6 Å². The Kier molecular flexibility index (Phi) is 5.86. The van der Waals surface area contributed by atoms with E-state index in [9.17, 15) is 0 Å². The summed E-state index contributed by atoms with van der Waals surface area (Å²) in [5.74, 6) is 0.679. The van der Waals surface area contributed by atoms with Gasteiger partial charge in [0, 0.05) is 9.50 Å². The molecule has 1 unspecified atom stereocenters. The van der Waals surface area contributed by atoms with Crippen molar-refractivity contribution in [1.82, 2.24) is 5.32 Å². The highest BCUT2D eigenvalue weighted by Crippen LogP contribution is 2.31. The van der Waals surface area contributed by atoms with Crippen molar-refractivity contribution in [2.24, 2.45) is 5.92 Å². The molecule has 21 heavy (non-hydrogen) atoms. The first-order valence-electron chi connectivity index (χ1n) is 7.22. The molecule has 0 saturated carbocycles. The Balaban J connectivity index is 2.31. The summed E-state index contributed by atoms with van der Waals surface area (Å²) >= 11 is 9.76. The normalized spacial score (nSPS) is 12.7. The van der Waals surface area contributed by atoms with E-state index in [0.717, 1.165) is 21.5 Å². The molecule has 0 fully saturated rings. The van der Waals surface area contributed by atoms with Gasteiger partial charge in [-0.3, -0.25) is 0 Å². The average Bonchev–Trinajstić information content (AvgIpc) is 2.44. The van der Waals surface area contributed by atoms with Crippen LogP contribution in [0.2, 0.25) is 5.02 Å². The SMILES string of the molecule is CNC(c1ccc(CC(C)C)cc1)c1cc(Cl)ccc1Br. The van der Waals surface area contributed by atoms with Gasteiger partial charge in [-0.25, -0.2) is 0 Å². The molecule has 1 N–H and O–H groups in total. The van der Waals surface area contributed by atoms with Crippen molar-refractivity contribution in [2.45, 2.75) is 26.3 Å². The molecule has 1 nitrogen and oxygen atoms in total. The van der Waals surface area contributed by atoms with Gasteiger partial charge in [0.1, 0.15) is 0 Å². The third-order valence-corrected chi connectivity index (χ3v) is 4.47. The summed E-state index contributed by atoms with van der Waals surface area (Å²) in [5, 5.41) is 4.13. The second-order valence-electron chi connectivity index (χ2n) is 5.73. The summed E-state index contributed by atoms with van der Waals surface area (Å²) < 4.78 is 1.07. The summed E-state index contributed by atoms with van der Waals surface area (Å²) in [6.07, 6.45) is 1.12. The zero-order chi connectivity index (χ0) is 15.4. The van der Waals surface area contributed by atoms with E-state index in [2.05, 4.69) is 59.4 Å². The van der Waals surface area contributed by atoms with Crippen LogP contribution in [0.5, 0.6) is 0 Å². The molecular formula is C18H21BrClN. The molecule has 2 aromatic rings. The maximum absolute atomic E-state index is 6.14. The Hall–Kier alpha value is -0.830. The van der Waals surface area contributed by atoms with Gasteiger partial charge in [-0.2, -0.15) is 0 Å². The molecule has 0 aliphatic rings. The average molecular weight is 367 g/mol. The van der Waals surface area contributed by atoms with E-state index in [1.807, 2.05) is 25.2 Å². The fraction of sp³-hybridized carbons (Fsp3) is 0.333. The molecule has 112 valence electrons. The summed E-state index contributed by atoms with van der Waals surface area (Å²) in [6.45, 7) is 4.49. The number of hydrogen-bond donors (Lipinski definition) is 1. The van der Waals surface area contributed by atoms with Gasteiger partial charge in [-0.1, -0.05) is 65.6 Å². The Morgan fingerprint density at radius 3 is 2.33 bits per heavy atom. The summed E-state index contributed by atoms with van der Waals surface area (Å²) in [4.78, 5) is 0. The van der Waals surface area contributed by atoms with Crippen molar-refractivity contribution >= 4 is 27.5 Å². The van der Waals surface area contributed by atoms with Crippen LogP contribution in [0.15, 0.2) is 46.9 Å². The van der Waals surface area contributed by atoms with Crippen LogP contribution in [0.25, 0.3) is 0 Å². The fourth-order valence-electron chi connectivity index (χ4n) is 2.56. The lowest BCUT2D eigenvalue weighted by Gasteiger charge is -2.19. The van der Waals surface area contributed by atoms with E-state index in [1.54, 1.807) is 0 Å². The van der Waals surface area contributed by atoms with Crippen LogP contribution in [0.4, 0.5) is 0 Å². The first-order chi connectivity index (χ1) is 10.0. The largest absolute Gasteiger partial charge is 0.309 e. The summed E-state index contributed by atoms with van der Waals surface area (Å²) in [6, 6.07) is 14.9. The molecule has 0 heterocycles. The van der Waals surface area contributed by atoms with Gasteiger partial charge in [-0.05, 0) is 54.3 Å². The standard InChI is InChI=1S/C18H21BrClN/c1-12(2)10-13-4-6-14(7-5-13)18(21-3)16-11-15(20)8-9-17(16)19/h4-9,11-12,18,21H,10H2,1-3H3. The zero-order valence-electron chi connectivity index (χ0n) is 12.7. The molecule has 0 bridgehead atoms. The van der Waals surface area contributed by atoms with Gasteiger partial charge in [0.05, 0.1) is 6.04 Å². The van der Waals surface area contributed by atoms with Crippen LogP contribution in [-0.4, -0.2) is 7.05 Å². The molecule has 0 radical (unpaired) electrons. The highest BCUT2D eigenvalue weighted by Gasteiger charge is 2.15. The van der Waals surface area contributed by atoms with Gasteiger partial charge >= 0.3 is 0 Å². The first-order valence-corrected chi connectivity index (χ1v) is 8.39. The molecule has 2 aromatic carbocycles. The van der Waals surface area contributed by atoms with E-state index in [0.29, 0.717) is 5.92 Å². The summed E-state index contributed by atoms with van der Waals surface area (Å²) in [7, 11) is 1.97. The smallest absolute Gasteiger partial charge is 0.0585 e. The third kappa shape index (κ3) is 4.32. The predicted molar refractivity (Wildman–Crippen MR) is 95.0 cm³/mol. The van der Waals surface area contributed by atoms with Crippen LogP contribution in [0, 0.1) is 5.92 Å². The lowest BCUT2D eigenvalue weighted by Crippen LogP contribution is -2.18. The molecule has 2 rings (SSSR count). The second kappa shape index (κ2) is 7.44. The maximum atomic E-state index is 6.14. The van der Waals surface area contributed by atoms with E-state index in [-0.39, 0.29) is 6.04 Å². The minimum absolute atomic E-state index is 0.131. The van der Waals surface area contributed by atoms with Crippen molar-refractivity contribution in [2.75, 3.05) is 7.05 Å². The lowest BCUT2D eigenvalue weighted by atomic mass is 9.96. The van der Waals surface area contributed by atoms with Crippen molar-refractivity contribution in [3.63, 3.8) is 0 Å². The molecular weight excluding hydrogens is 346 g/mol. The van der Waals surface area contributed by atoms with E-state index in [1.165, 1.54) is 11.1 Å². The van der Waals surface area contributed by atoms with E-state index < -0.39 is 0 Å². The van der Waals surface area contributed by atoms with Crippen LogP contribution < -0.4 is 5.32 Å². The Morgan fingerprint density at radius 1 is 1.10 bits per heavy atom. The van der Waals surface area contributed by atoms with Gasteiger partial charge in [0.2, 0.25) is 0 Å². The van der Waals surface area contributed by atoms with E-state index in [4.69, 9.17) is 11.6 Å². The highest BCUT2D eigenvalue weighted by molar-refractivity contribution is 9.10. The van der Waals surface area contributed by atoms with Crippen molar-refractivity contribution < 1.29 is 0 Å². The Morgan fingerprint density at radius 2 is 1.76 bits per heavy atom. The van der Waals surface area contributed by atoms with Gasteiger partial charge in [-0.15, -0.1) is 0 Å². The quantitative estimate of drug-likeness (QED) is 0.725. The van der Waals surface area contributed by atoms with Gasteiger partial charge in [0.15, 0.2) is 0 Å². The monoisotopic (exact) mass is 365 g/mol. The molecule has 0 aliphatic heterocycles. The molecule has 1 atom stereocenters. The molecule has 0 spiro atoms. The van der Waals surface area contributed by atoms with E-state index >= 15 is 0 Å². The van der Waals surface area contributed by atoms with Crippen LogP contribution >= 0.6 is 27.5 Å². The highest BCUT2D eigenvalue weighted by atomic mass is 79.9. The Bertz CT molecular complexity index is 593. The molecule has 3 heteroatoms. The van der Waals surface area contributed by atoms with Crippen molar-refractivity contribution in [3.05, 3.63) is 68.7 Å². The molecule has 0 aliphatic carbocycles. The van der Waals surface area contributed by atoms with Crippen molar-refractivity contribution in [1.29, 1.82) is 0 Å². The lowest BCUT2D eigenvalue weighted by molar-refractivity contribution is 0.645. The van der Waals surface area contributed by atoms with Crippen LogP contribution in [-0.2, 0) is 6.42 Å². The number of rotatable bonds is 5. The Labute approximate surface area is 140 Å². The number of hydrogen-bond acceptors (Lipinski definition) is 1. The number of nitrogens with one attached hydrogen (secondary N) is 1. The minimum Gasteiger partial charge on any atom is -0.309 e. The molecule has 0 aromatic heterocycles.